The highest BCUT2D eigenvalue weighted by molar-refractivity contribution is 6.21. The SMILES string of the molecule is CO[C@H](CO)[C@@H](Cn1cccn1)NC(=O)c1cccc(F)c1C1=NCC(c2ccc(F)cc2)=C1F. The maximum atomic E-state index is 15.4. The van der Waals surface area contributed by atoms with Crippen LogP contribution in [0.4, 0.5) is 13.2 Å². The number of hydrogen-bond donors (Lipinski definition) is 2. The molecule has 0 fully saturated rings. The topological polar surface area (TPSA) is 88.7 Å². The van der Waals surface area contributed by atoms with Gasteiger partial charge in [0, 0.05) is 25.1 Å². The third-order valence-electron chi connectivity index (χ3n) is 5.75. The standard InChI is InChI=1S/C25H23F3N4O3/c1-35-21(14-33)20(13-32-11-3-10-30-32)31-25(34)17-4-2-5-19(27)22(17)24-23(28)18(12-29-24)15-6-8-16(26)9-7-15/h2-11,20-21,33H,12-14H2,1H3,(H,31,34)/t20-,21-/m1/s1. The van der Waals surface area contributed by atoms with Crippen LogP contribution in [-0.4, -0.2) is 58.9 Å². The van der Waals surface area contributed by atoms with Gasteiger partial charge in [0.25, 0.3) is 5.91 Å². The minimum Gasteiger partial charge on any atom is -0.394 e. The van der Waals surface area contributed by atoms with Gasteiger partial charge in [0.05, 0.1) is 36.9 Å². The second-order valence-corrected chi connectivity index (χ2v) is 7.89. The van der Waals surface area contributed by atoms with E-state index in [1.54, 1.807) is 23.1 Å². The summed E-state index contributed by atoms with van der Waals surface area (Å²) in [5, 5.41) is 16.6. The van der Waals surface area contributed by atoms with Gasteiger partial charge in [-0.05, 0) is 35.9 Å². The Morgan fingerprint density at radius 3 is 2.60 bits per heavy atom. The Kier molecular flexibility index (Phi) is 7.42. The first-order valence-electron chi connectivity index (χ1n) is 10.8. The van der Waals surface area contributed by atoms with Crippen molar-refractivity contribution in [2.24, 2.45) is 4.99 Å². The molecule has 2 atom stereocenters. The molecule has 3 aromatic rings. The van der Waals surface area contributed by atoms with E-state index in [-0.39, 0.29) is 42.1 Å². The molecule has 2 heterocycles. The van der Waals surface area contributed by atoms with E-state index in [2.05, 4.69) is 15.4 Å². The molecule has 1 amide bonds. The zero-order valence-electron chi connectivity index (χ0n) is 18.8. The molecule has 2 N–H and O–H groups in total. The number of rotatable bonds is 9. The van der Waals surface area contributed by atoms with Crippen molar-refractivity contribution in [1.82, 2.24) is 15.1 Å². The van der Waals surface area contributed by atoms with Crippen molar-refractivity contribution < 1.29 is 27.8 Å². The molecule has 0 bridgehead atoms. The fourth-order valence-electron chi connectivity index (χ4n) is 3.93. The highest BCUT2D eigenvalue weighted by Gasteiger charge is 2.30. The summed E-state index contributed by atoms with van der Waals surface area (Å²) in [6, 6.07) is 10.0. The number of methoxy groups -OCH3 is 1. The van der Waals surface area contributed by atoms with Gasteiger partial charge in [0.1, 0.15) is 23.5 Å². The van der Waals surface area contributed by atoms with Crippen LogP contribution >= 0.6 is 0 Å². The Labute approximate surface area is 199 Å². The second-order valence-electron chi connectivity index (χ2n) is 7.89. The molecule has 2 aromatic carbocycles. The summed E-state index contributed by atoms with van der Waals surface area (Å²) in [6.07, 6.45) is 2.48. The lowest BCUT2D eigenvalue weighted by molar-refractivity contribution is 0.0166. The first-order chi connectivity index (χ1) is 16.9. The average Bonchev–Trinajstić information content (AvgIpc) is 3.50. The lowest BCUT2D eigenvalue weighted by Crippen LogP contribution is -2.48. The molecule has 1 aromatic heterocycles. The number of carbonyl (C=O) groups excluding carboxylic acids is 1. The van der Waals surface area contributed by atoms with Crippen molar-refractivity contribution in [3.8, 4) is 0 Å². The van der Waals surface area contributed by atoms with Crippen LogP contribution in [-0.2, 0) is 11.3 Å². The van der Waals surface area contributed by atoms with Crippen LogP contribution in [0.1, 0.15) is 21.5 Å². The molecule has 7 nitrogen and oxygen atoms in total. The third kappa shape index (κ3) is 5.18. The Balaban J connectivity index is 1.66. The number of amides is 1. The third-order valence-corrected chi connectivity index (χ3v) is 5.75. The van der Waals surface area contributed by atoms with E-state index in [4.69, 9.17) is 4.74 Å². The number of aliphatic imine (C=N–C) groups is 1. The van der Waals surface area contributed by atoms with Crippen molar-refractivity contribution in [3.63, 3.8) is 0 Å². The van der Waals surface area contributed by atoms with Crippen molar-refractivity contribution >= 4 is 17.2 Å². The fourth-order valence-corrected chi connectivity index (χ4v) is 3.93. The van der Waals surface area contributed by atoms with E-state index in [1.165, 1.54) is 43.5 Å². The maximum absolute atomic E-state index is 15.4. The van der Waals surface area contributed by atoms with E-state index in [1.807, 2.05) is 0 Å². The number of nitrogens with one attached hydrogen (secondary N) is 1. The minimum absolute atomic E-state index is 0.0830. The summed E-state index contributed by atoms with van der Waals surface area (Å²) in [5.74, 6) is -2.77. The maximum Gasteiger partial charge on any atom is 0.252 e. The molecule has 0 spiro atoms. The number of aromatic nitrogens is 2. The molecule has 35 heavy (non-hydrogen) atoms. The van der Waals surface area contributed by atoms with Crippen LogP contribution in [0.25, 0.3) is 5.57 Å². The second kappa shape index (κ2) is 10.7. The lowest BCUT2D eigenvalue weighted by atomic mass is 9.98. The largest absolute Gasteiger partial charge is 0.394 e. The summed E-state index contributed by atoms with van der Waals surface area (Å²) in [7, 11) is 1.39. The smallest absolute Gasteiger partial charge is 0.252 e. The number of aliphatic hydroxyl groups excluding tert-OH is 1. The zero-order chi connectivity index (χ0) is 24.9. The first kappa shape index (κ1) is 24.4. The Morgan fingerprint density at radius 1 is 1.17 bits per heavy atom. The monoisotopic (exact) mass is 484 g/mol. The number of benzene rings is 2. The number of aliphatic hydroxyl groups is 1. The van der Waals surface area contributed by atoms with Crippen LogP contribution in [0.2, 0.25) is 0 Å². The van der Waals surface area contributed by atoms with Crippen LogP contribution in [0.5, 0.6) is 0 Å². The summed E-state index contributed by atoms with van der Waals surface area (Å²) < 4.78 is 50.5. The number of carbonyl (C=O) groups is 1. The average molecular weight is 484 g/mol. The lowest BCUT2D eigenvalue weighted by Gasteiger charge is -2.26. The van der Waals surface area contributed by atoms with Crippen molar-refractivity contribution in [1.29, 1.82) is 0 Å². The van der Waals surface area contributed by atoms with Crippen LogP contribution < -0.4 is 5.32 Å². The van der Waals surface area contributed by atoms with Crippen molar-refractivity contribution in [2.75, 3.05) is 20.3 Å². The van der Waals surface area contributed by atoms with Crippen molar-refractivity contribution in [2.45, 2.75) is 18.7 Å². The Morgan fingerprint density at radius 2 is 1.94 bits per heavy atom. The molecule has 0 aliphatic carbocycles. The number of halogens is 3. The van der Waals surface area contributed by atoms with Gasteiger partial charge in [-0.3, -0.25) is 14.5 Å². The van der Waals surface area contributed by atoms with Crippen molar-refractivity contribution in [3.05, 3.63) is 95.1 Å². The molecule has 1 aliphatic rings. The molecule has 4 rings (SSSR count). The van der Waals surface area contributed by atoms with Gasteiger partial charge in [0.15, 0.2) is 5.83 Å². The van der Waals surface area contributed by atoms with Crippen LogP contribution in [0.3, 0.4) is 0 Å². The van der Waals surface area contributed by atoms with Gasteiger partial charge in [0.2, 0.25) is 0 Å². The van der Waals surface area contributed by atoms with E-state index >= 15 is 4.39 Å². The molecule has 1 aliphatic heterocycles. The fraction of sp³-hybridized carbons (Fsp3) is 0.240. The van der Waals surface area contributed by atoms with Gasteiger partial charge in [-0.25, -0.2) is 13.2 Å². The van der Waals surface area contributed by atoms with E-state index < -0.39 is 35.5 Å². The molecular weight excluding hydrogens is 461 g/mol. The molecule has 0 saturated carbocycles. The highest BCUT2D eigenvalue weighted by atomic mass is 19.1. The zero-order valence-corrected chi connectivity index (χ0v) is 18.8. The summed E-state index contributed by atoms with van der Waals surface area (Å²) in [6.45, 7) is -0.295. The molecule has 0 saturated heterocycles. The Bertz CT molecular complexity index is 1250. The molecule has 0 radical (unpaired) electrons. The molecular formula is C25H23F3N4O3. The van der Waals surface area contributed by atoms with Gasteiger partial charge < -0.3 is 15.2 Å². The van der Waals surface area contributed by atoms with Gasteiger partial charge >= 0.3 is 0 Å². The van der Waals surface area contributed by atoms with Gasteiger partial charge in [-0.15, -0.1) is 0 Å². The van der Waals surface area contributed by atoms with Crippen LogP contribution in [0.15, 0.2) is 71.7 Å². The summed E-state index contributed by atoms with van der Waals surface area (Å²) in [5.41, 5.74) is -0.115. The van der Waals surface area contributed by atoms with E-state index in [0.717, 1.165) is 6.07 Å². The van der Waals surface area contributed by atoms with Gasteiger partial charge in [-0.1, -0.05) is 18.2 Å². The Hall–Kier alpha value is -3.76. The molecule has 182 valence electrons. The van der Waals surface area contributed by atoms with Crippen LogP contribution in [0, 0.1) is 11.6 Å². The quantitative estimate of drug-likeness (QED) is 0.489. The summed E-state index contributed by atoms with van der Waals surface area (Å²) in [4.78, 5) is 17.4. The minimum atomic E-state index is -0.819. The van der Waals surface area contributed by atoms with E-state index in [0.29, 0.717) is 5.56 Å². The highest BCUT2D eigenvalue weighted by Crippen LogP contribution is 2.31. The first-order valence-corrected chi connectivity index (χ1v) is 10.8. The number of ether oxygens (including phenoxy) is 1. The number of hydrogen-bond acceptors (Lipinski definition) is 5. The summed E-state index contributed by atoms with van der Waals surface area (Å²) >= 11 is 0. The normalized spacial score (nSPS) is 15.2. The molecule has 10 heteroatoms. The van der Waals surface area contributed by atoms with Gasteiger partial charge in [-0.2, -0.15) is 5.10 Å². The number of nitrogens with zero attached hydrogens (tertiary/aromatic N) is 3. The predicted octanol–water partition coefficient (Wildman–Crippen LogP) is 3.15. The molecule has 0 unspecified atom stereocenters. The number of allylic oxidation sites excluding steroid dienone is 1. The van der Waals surface area contributed by atoms with E-state index in [9.17, 15) is 18.7 Å². The predicted molar refractivity (Wildman–Crippen MR) is 124 cm³/mol.